The summed E-state index contributed by atoms with van der Waals surface area (Å²) in [5.74, 6) is 6.83. The molecule has 0 aliphatic carbocycles. The molecule has 0 bridgehead atoms. The first-order valence-electron chi connectivity index (χ1n) is 5.24. The van der Waals surface area contributed by atoms with Crippen LogP contribution in [0.25, 0.3) is 0 Å². The molecule has 2 unspecified atom stereocenters. The van der Waals surface area contributed by atoms with Crippen molar-refractivity contribution < 1.29 is 0 Å². The van der Waals surface area contributed by atoms with E-state index in [2.05, 4.69) is 53.6 Å². The second kappa shape index (κ2) is 5.99. The summed E-state index contributed by atoms with van der Waals surface area (Å²) in [6.45, 7) is 6.72. The number of hydrogen-bond donors (Lipinski definition) is 2. The van der Waals surface area contributed by atoms with Crippen molar-refractivity contribution in [2.45, 2.75) is 33.2 Å². The van der Waals surface area contributed by atoms with E-state index in [1.807, 2.05) is 0 Å². The summed E-state index contributed by atoms with van der Waals surface area (Å²) in [5, 5.41) is 2.10. The molecule has 0 spiro atoms. The molecule has 1 rings (SSSR count). The molecular formula is C11H19BrN2S. The van der Waals surface area contributed by atoms with E-state index in [1.165, 1.54) is 9.35 Å². The quantitative estimate of drug-likeness (QED) is 0.646. The molecule has 15 heavy (non-hydrogen) atoms. The molecule has 3 N–H and O–H groups in total. The van der Waals surface area contributed by atoms with E-state index in [0.29, 0.717) is 17.9 Å². The van der Waals surface area contributed by atoms with Crippen LogP contribution < -0.4 is 11.3 Å². The van der Waals surface area contributed by atoms with Gasteiger partial charge in [0.25, 0.3) is 0 Å². The van der Waals surface area contributed by atoms with Gasteiger partial charge in [0.2, 0.25) is 0 Å². The van der Waals surface area contributed by atoms with Crippen LogP contribution in [0.3, 0.4) is 0 Å². The van der Waals surface area contributed by atoms with Gasteiger partial charge < -0.3 is 0 Å². The maximum absolute atomic E-state index is 5.62. The van der Waals surface area contributed by atoms with Crippen molar-refractivity contribution >= 4 is 27.3 Å². The lowest BCUT2D eigenvalue weighted by Crippen LogP contribution is -2.43. The van der Waals surface area contributed by atoms with Crippen LogP contribution in [0.5, 0.6) is 0 Å². The van der Waals surface area contributed by atoms with Crippen molar-refractivity contribution in [3.63, 3.8) is 0 Å². The van der Waals surface area contributed by atoms with E-state index in [4.69, 9.17) is 5.84 Å². The van der Waals surface area contributed by atoms with E-state index in [9.17, 15) is 0 Å². The summed E-state index contributed by atoms with van der Waals surface area (Å²) < 4.78 is 1.20. The van der Waals surface area contributed by atoms with Gasteiger partial charge in [-0.2, -0.15) is 0 Å². The Hall–Kier alpha value is 0.1000. The molecule has 1 aromatic heterocycles. The Bertz CT molecular complexity index is 299. The zero-order valence-electron chi connectivity index (χ0n) is 9.46. The van der Waals surface area contributed by atoms with Crippen LogP contribution in [-0.4, -0.2) is 6.04 Å². The average molecular weight is 291 g/mol. The molecule has 0 amide bonds. The van der Waals surface area contributed by atoms with Crippen LogP contribution >= 0.6 is 27.3 Å². The molecule has 2 atom stereocenters. The number of thiophene rings is 1. The van der Waals surface area contributed by atoms with Gasteiger partial charge >= 0.3 is 0 Å². The van der Waals surface area contributed by atoms with Gasteiger partial charge in [0.05, 0.1) is 0 Å². The van der Waals surface area contributed by atoms with Gasteiger partial charge in [-0.3, -0.25) is 11.3 Å². The summed E-state index contributed by atoms with van der Waals surface area (Å²) >= 11 is 5.33. The van der Waals surface area contributed by atoms with Crippen LogP contribution in [0.1, 0.15) is 25.6 Å². The zero-order valence-corrected chi connectivity index (χ0v) is 11.9. The van der Waals surface area contributed by atoms with E-state index in [1.54, 1.807) is 11.3 Å². The second-order valence-corrected chi connectivity index (χ2v) is 6.13. The molecule has 0 radical (unpaired) electrons. The summed E-state index contributed by atoms with van der Waals surface area (Å²) in [5.41, 5.74) is 2.93. The highest BCUT2D eigenvalue weighted by Gasteiger charge is 2.20. The maximum Gasteiger partial charge on any atom is 0.0314 e. The standard InChI is InChI=1S/C11H19BrN2S/c1-7(2)8(3)10(14-13)6-11-9(12)4-5-15-11/h4-5,7-8,10,14H,6,13H2,1-3H3. The number of nitrogens with two attached hydrogens (primary N) is 1. The number of rotatable bonds is 5. The molecule has 86 valence electrons. The molecule has 2 nitrogen and oxygen atoms in total. The van der Waals surface area contributed by atoms with Crippen molar-refractivity contribution in [1.82, 2.24) is 5.43 Å². The lowest BCUT2D eigenvalue weighted by Gasteiger charge is -2.26. The first-order chi connectivity index (χ1) is 7.06. The summed E-state index contributed by atoms with van der Waals surface area (Å²) in [4.78, 5) is 1.37. The van der Waals surface area contributed by atoms with Gasteiger partial charge in [0.1, 0.15) is 0 Å². The highest BCUT2D eigenvalue weighted by atomic mass is 79.9. The van der Waals surface area contributed by atoms with Crippen molar-refractivity contribution in [2.75, 3.05) is 0 Å². The Morgan fingerprint density at radius 3 is 2.53 bits per heavy atom. The molecule has 4 heteroatoms. The largest absolute Gasteiger partial charge is 0.271 e. The minimum absolute atomic E-state index is 0.347. The normalized spacial score (nSPS) is 15.6. The Morgan fingerprint density at radius 1 is 1.47 bits per heavy atom. The van der Waals surface area contributed by atoms with Crippen LogP contribution in [0.4, 0.5) is 0 Å². The molecule has 0 fully saturated rings. The molecule has 0 saturated heterocycles. The fraction of sp³-hybridized carbons (Fsp3) is 0.636. The first kappa shape index (κ1) is 13.2. The van der Waals surface area contributed by atoms with Gasteiger partial charge in [-0.25, -0.2) is 0 Å². The predicted octanol–water partition coefficient (Wildman–Crippen LogP) is 3.18. The lowest BCUT2D eigenvalue weighted by molar-refractivity contribution is 0.300. The number of nitrogens with one attached hydrogen (secondary N) is 1. The highest BCUT2D eigenvalue weighted by molar-refractivity contribution is 9.10. The third-order valence-electron chi connectivity index (χ3n) is 3.00. The van der Waals surface area contributed by atoms with E-state index < -0.39 is 0 Å². The minimum atomic E-state index is 0.347. The lowest BCUT2D eigenvalue weighted by atomic mass is 9.88. The zero-order chi connectivity index (χ0) is 11.4. The predicted molar refractivity (Wildman–Crippen MR) is 70.8 cm³/mol. The maximum atomic E-state index is 5.62. The van der Waals surface area contributed by atoms with Crippen molar-refractivity contribution in [2.24, 2.45) is 17.7 Å². The third kappa shape index (κ3) is 3.55. The number of hydrogen-bond acceptors (Lipinski definition) is 3. The van der Waals surface area contributed by atoms with Crippen LogP contribution in [0.2, 0.25) is 0 Å². The number of hydrazine groups is 1. The monoisotopic (exact) mass is 290 g/mol. The molecule has 0 aliphatic rings. The summed E-state index contributed by atoms with van der Waals surface area (Å²) in [7, 11) is 0. The van der Waals surface area contributed by atoms with E-state index in [0.717, 1.165) is 6.42 Å². The summed E-state index contributed by atoms with van der Waals surface area (Å²) in [6, 6.07) is 2.44. The smallest absolute Gasteiger partial charge is 0.0314 e. The van der Waals surface area contributed by atoms with Gasteiger partial charge in [0, 0.05) is 15.4 Å². The average Bonchev–Trinajstić information content (AvgIpc) is 2.59. The van der Waals surface area contributed by atoms with Crippen molar-refractivity contribution in [1.29, 1.82) is 0 Å². The van der Waals surface area contributed by atoms with Crippen molar-refractivity contribution in [3.8, 4) is 0 Å². The Labute approximate surface area is 104 Å². The Balaban J connectivity index is 2.65. The van der Waals surface area contributed by atoms with Crippen LogP contribution in [0.15, 0.2) is 15.9 Å². The topological polar surface area (TPSA) is 38.0 Å². The number of halogens is 1. The Morgan fingerprint density at radius 2 is 2.13 bits per heavy atom. The SMILES string of the molecule is CC(C)C(C)C(Cc1sccc1Br)NN. The Kier molecular flexibility index (Phi) is 5.26. The summed E-state index contributed by atoms with van der Waals surface area (Å²) in [6.07, 6.45) is 0.994. The molecule has 0 saturated carbocycles. The highest BCUT2D eigenvalue weighted by Crippen LogP contribution is 2.26. The second-order valence-electron chi connectivity index (χ2n) is 4.27. The minimum Gasteiger partial charge on any atom is -0.271 e. The molecular weight excluding hydrogens is 272 g/mol. The fourth-order valence-corrected chi connectivity index (χ4v) is 3.11. The van der Waals surface area contributed by atoms with Crippen LogP contribution in [0, 0.1) is 11.8 Å². The molecule has 1 aromatic rings. The van der Waals surface area contributed by atoms with Crippen molar-refractivity contribution in [3.05, 3.63) is 20.8 Å². The molecule has 0 aromatic carbocycles. The third-order valence-corrected chi connectivity index (χ3v) is 4.95. The van der Waals surface area contributed by atoms with Gasteiger partial charge in [-0.1, -0.05) is 20.8 Å². The van der Waals surface area contributed by atoms with Gasteiger partial charge in [0.15, 0.2) is 0 Å². The van der Waals surface area contributed by atoms with E-state index in [-0.39, 0.29) is 0 Å². The molecule has 1 heterocycles. The van der Waals surface area contributed by atoms with Gasteiger partial charge in [-0.15, -0.1) is 11.3 Å². The first-order valence-corrected chi connectivity index (χ1v) is 6.91. The molecule has 0 aliphatic heterocycles. The van der Waals surface area contributed by atoms with E-state index >= 15 is 0 Å². The fourth-order valence-electron chi connectivity index (χ4n) is 1.53. The van der Waals surface area contributed by atoms with Crippen LogP contribution in [-0.2, 0) is 6.42 Å². The van der Waals surface area contributed by atoms with Gasteiger partial charge in [-0.05, 0) is 45.6 Å².